The maximum absolute atomic E-state index is 10.4. The molecule has 0 saturated heterocycles. The maximum atomic E-state index is 10.4. The van der Waals surface area contributed by atoms with Crippen molar-refractivity contribution in [2.45, 2.75) is 38.6 Å². The van der Waals surface area contributed by atoms with Crippen LogP contribution in [0.5, 0.6) is 0 Å². The normalized spacial score (nSPS) is 14.2. The molecule has 1 rings (SSSR count). The van der Waals surface area contributed by atoms with E-state index in [4.69, 9.17) is 9.84 Å². The van der Waals surface area contributed by atoms with Crippen molar-refractivity contribution >= 4 is 5.97 Å². The van der Waals surface area contributed by atoms with Gasteiger partial charge in [0.15, 0.2) is 0 Å². The number of ether oxygens (including phenoxy) is 1. The molecule has 2 N–H and O–H groups in total. The highest BCUT2D eigenvalue weighted by Crippen LogP contribution is 2.09. The van der Waals surface area contributed by atoms with Gasteiger partial charge in [-0.25, -0.2) is 0 Å². The van der Waals surface area contributed by atoms with E-state index in [0.29, 0.717) is 13.0 Å². The molecule has 0 aliphatic carbocycles. The van der Waals surface area contributed by atoms with Crippen LogP contribution in [0.1, 0.15) is 25.3 Å². The average Bonchev–Trinajstić information content (AvgIpc) is 2.26. The second-order valence-electron chi connectivity index (χ2n) is 4.09. The molecule has 1 aromatic carbocycles. The summed E-state index contributed by atoms with van der Waals surface area (Å²) >= 11 is 0. The Morgan fingerprint density at radius 2 is 2.00 bits per heavy atom. The molecule has 4 heteroatoms. The quantitative estimate of drug-likeness (QED) is 0.760. The minimum atomic E-state index is -0.993. The van der Waals surface area contributed by atoms with Gasteiger partial charge in [0.1, 0.15) is 0 Å². The fourth-order valence-electron chi connectivity index (χ4n) is 1.55. The lowest BCUT2D eigenvalue weighted by atomic mass is 10.1. The molecule has 0 amide bonds. The number of rotatable bonds is 7. The highest BCUT2D eigenvalue weighted by molar-refractivity contribution is 5.67. The lowest BCUT2D eigenvalue weighted by Crippen LogP contribution is -2.20. The van der Waals surface area contributed by atoms with E-state index >= 15 is 0 Å². The van der Waals surface area contributed by atoms with Crippen LogP contribution in [0.2, 0.25) is 0 Å². The van der Waals surface area contributed by atoms with Gasteiger partial charge in [0.2, 0.25) is 0 Å². The van der Waals surface area contributed by atoms with Crippen LogP contribution in [0.3, 0.4) is 0 Å². The summed E-state index contributed by atoms with van der Waals surface area (Å²) in [6, 6.07) is 9.72. The number of aliphatic hydroxyl groups excluding tert-OH is 1. The second-order valence-corrected chi connectivity index (χ2v) is 4.09. The first-order chi connectivity index (χ1) is 8.08. The molecule has 0 bridgehead atoms. The molecule has 0 aromatic heterocycles. The van der Waals surface area contributed by atoms with E-state index in [9.17, 15) is 9.90 Å². The van der Waals surface area contributed by atoms with Crippen LogP contribution >= 0.6 is 0 Å². The van der Waals surface area contributed by atoms with Crippen molar-refractivity contribution in [3.8, 4) is 0 Å². The van der Waals surface area contributed by atoms with Crippen LogP contribution in [0.15, 0.2) is 30.3 Å². The summed E-state index contributed by atoms with van der Waals surface area (Å²) < 4.78 is 5.53. The summed E-state index contributed by atoms with van der Waals surface area (Å²) in [5.41, 5.74) is 1.06. The van der Waals surface area contributed by atoms with E-state index in [1.807, 2.05) is 37.3 Å². The zero-order chi connectivity index (χ0) is 12.7. The van der Waals surface area contributed by atoms with Crippen molar-refractivity contribution in [3.63, 3.8) is 0 Å². The first-order valence-corrected chi connectivity index (χ1v) is 5.63. The summed E-state index contributed by atoms with van der Waals surface area (Å²) in [6.07, 6.45) is -0.916. The Labute approximate surface area is 101 Å². The number of carbonyl (C=O) groups is 1. The molecule has 94 valence electrons. The van der Waals surface area contributed by atoms with E-state index in [0.717, 1.165) is 5.56 Å². The van der Waals surface area contributed by atoms with Gasteiger partial charge in [-0.3, -0.25) is 4.79 Å². The van der Waals surface area contributed by atoms with Crippen LogP contribution in [0.4, 0.5) is 0 Å². The molecule has 1 aromatic rings. The number of carboxylic acids is 1. The van der Waals surface area contributed by atoms with Crippen LogP contribution < -0.4 is 0 Å². The van der Waals surface area contributed by atoms with E-state index in [1.165, 1.54) is 0 Å². The minimum absolute atomic E-state index is 0.162. The van der Waals surface area contributed by atoms with Crippen molar-refractivity contribution in [1.82, 2.24) is 0 Å². The first-order valence-electron chi connectivity index (χ1n) is 5.63. The van der Waals surface area contributed by atoms with E-state index in [-0.39, 0.29) is 12.5 Å². The monoisotopic (exact) mass is 238 g/mol. The molecule has 0 fully saturated rings. The Hall–Kier alpha value is -1.39. The van der Waals surface area contributed by atoms with E-state index in [1.54, 1.807) is 0 Å². The summed E-state index contributed by atoms with van der Waals surface area (Å²) in [4.78, 5) is 10.4. The number of hydrogen-bond acceptors (Lipinski definition) is 3. The van der Waals surface area contributed by atoms with Gasteiger partial charge in [-0.2, -0.15) is 0 Å². The predicted molar refractivity (Wildman–Crippen MR) is 63.6 cm³/mol. The molecule has 0 heterocycles. The van der Waals surface area contributed by atoms with Crippen molar-refractivity contribution in [2.75, 3.05) is 0 Å². The zero-order valence-corrected chi connectivity index (χ0v) is 9.87. The topological polar surface area (TPSA) is 66.8 Å². The van der Waals surface area contributed by atoms with Gasteiger partial charge in [0, 0.05) is 0 Å². The van der Waals surface area contributed by atoms with Gasteiger partial charge in [0.25, 0.3) is 0 Å². The SMILES string of the molecule is CC(CC(O)CC(=O)O)OCc1ccccc1. The molecular weight excluding hydrogens is 220 g/mol. The minimum Gasteiger partial charge on any atom is -0.481 e. The third kappa shape index (κ3) is 6.04. The average molecular weight is 238 g/mol. The highest BCUT2D eigenvalue weighted by Gasteiger charge is 2.14. The van der Waals surface area contributed by atoms with Gasteiger partial charge in [-0.15, -0.1) is 0 Å². The largest absolute Gasteiger partial charge is 0.481 e. The maximum Gasteiger partial charge on any atom is 0.305 e. The fraction of sp³-hybridized carbons (Fsp3) is 0.462. The van der Waals surface area contributed by atoms with Crippen molar-refractivity contribution < 1.29 is 19.7 Å². The standard InChI is InChI=1S/C13H18O4/c1-10(7-12(14)8-13(15)16)17-9-11-5-3-2-4-6-11/h2-6,10,12,14H,7-9H2,1H3,(H,15,16). The summed E-state index contributed by atoms with van der Waals surface area (Å²) in [6.45, 7) is 2.30. The van der Waals surface area contributed by atoms with Crippen molar-refractivity contribution in [2.24, 2.45) is 0 Å². The zero-order valence-electron chi connectivity index (χ0n) is 9.87. The van der Waals surface area contributed by atoms with Gasteiger partial charge >= 0.3 is 5.97 Å². The number of benzene rings is 1. The summed E-state index contributed by atoms with van der Waals surface area (Å²) in [5.74, 6) is -0.993. The summed E-state index contributed by atoms with van der Waals surface area (Å²) in [5, 5.41) is 17.9. The molecule has 0 spiro atoms. The lowest BCUT2D eigenvalue weighted by molar-refractivity contribution is -0.139. The molecule has 0 saturated carbocycles. The molecule has 2 atom stereocenters. The van der Waals surface area contributed by atoms with Gasteiger partial charge < -0.3 is 14.9 Å². The lowest BCUT2D eigenvalue weighted by Gasteiger charge is -2.16. The van der Waals surface area contributed by atoms with Gasteiger partial charge in [-0.05, 0) is 18.9 Å². The third-order valence-corrected chi connectivity index (χ3v) is 2.39. The molecule has 17 heavy (non-hydrogen) atoms. The Balaban J connectivity index is 2.25. The number of carboxylic acid groups (broad SMARTS) is 1. The van der Waals surface area contributed by atoms with Crippen LogP contribution in [0.25, 0.3) is 0 Å². The van der Waals surface area contributed by atoms with Crippen molar-refractivity contribution in [1.29, 1.82) is 0 Å². The van der Waals surface area contributed by atoms with E-state index < -0.39 is 12.1 Å². The first kappa shape index (κ1) is 13.7. The summed E-state index contributed by atoms with van der Waals surface area (Å²) in [7, 11) is 0. The van der Waals surface area contributed by atoms with Crippen molar-refractivity contribution in [3.05, 3.63) is 35.9 Å². The van der Waals surface area contributed by atoms with Gasteiger partial charge in [0.05, 0.1) is 25.2 Å². The number of hydrogen-bond donors (Lipinski definition) is 2. The Bertz CT molecular complexity index is 337. The number of aliphatic carboxylic acids is 1. The molecule has 0 radical (unpaired) electrons. The Morgan fingerprint density at radius 1 is 1.35 bits per heavy atom. The molecular formula is C13H18O4. The molecule has 0 aliphatic heterocycles. The predicted octanol–water partition coefficient (Wildman–Crippen LogP) is 1.82. The Kier molecular flexibility index (Phi) is 5.66. The molecule has 2 unspecified atom stereocenters. The second kappa shape index (κ2) is 7.04. The third-order valence-electron chi connectivity index (χ3n) is 2.39. The smallest absolute Gasteiger partial charge is 0.305 e. The van der Waals surface area contributed by atoms with Crippen LogP contribution in [-0.4, -0.2) is 28.4 Å². The molecule has 4 nitrogen and oxygen atoms in total. The highest BCUT2D eigenvalue weighted by atomic mass is 16.5. The van der Waals surface area contributed by atoms with E-state index in [2.05, 4.69) is 0 Å². The Morgan fingerprint density at radius 3 is 2.59 bits per heavy atom. The fourth-order valence-corrected chi connectivity index (χ4v) is 1.55. The molecule has 0 aliphatic rings. The van der Waals surface area contributed by atoms with Crippen LogP contribution in [-0.2, 0) is 16.1 Å². The van der Waals surface area contributed by atoms with Gasteiger partial charge in [-0.1, -0.05) is 30.3 Å². The number of aliphatic hydroxyl groups is 1. The van der Waals surface area contributed by atoms with Crippen LogP contribution in [0, 0.1) is 0 Å².